The number of carbonyl (C=O) groups excluding carboxylic acids is 1. The molecule has 1 amide bonds. The van der Waals surface area contributed by atoms with Crippen molar-refractivity contribution in [2.24, 2.45) is 0 Å². The molecule has 0 bridgehead atoms. The molecule has 1 aromatic heterocycles. The molecule has 0 aromatic carbocycles. The maximum atomic E-state index is 12.3. The Hall–Kier alpha value is -1.95. The van der Waals surface area contributed by atoms with Crippen LogP contribution in [0.15, 0.2) is 18.3 Å². The molecule has 2 rings (SSSR count). The van der Waals surface area contributed by atoms with E-state index in [-0.39, 0.29) is 30.0 Å². The Labute approximate surface area is 129 Å². The second-order valence-corrected chi connectivity index (χ2v) is 6.79. The van der Waals surface area contributed by atoms with Crippen LogP contribution in [0.5, 0.6) is 0 Å². The topological polar surface area (TPSA) is 88.5 Å². The number of hydrogen-bond acceptors (Lipinski definition) is 4. The summed E-state index contributed by atoms with van der Waals surface area (Å²) in [5.74, 6) is -1.32. The van der Waals surface area contributed by atoms with Crippen LogP contribution in [-0.4, -0.2) is 40.7 Å². The average Bonchev–Trinajstić information content (AvgIpc) is 2.85. The molecule has 1 fully saturated rings. The third kappa shape index (κ3) is 3.82. The standard InChI is InChI=1S/C16H22N2O4/c1-15(2,3)11-4-5-12(17-9-11)14(21)18-16(8-13(19)20)6-7-22-10-16/h4-5,9H,6-8,10H2,1-3H3,(H,18,21)(H,19,20). The van der Waals surface area contributed by atoms with Gasteiger partial charge in [0.2, 0.25) is 0 Å². The van der Waals surface area contributed by atoms with Crippen molar-refractivity contribution in [1.29, 1.82) is 0 Å². The maximum absolute atomic E-state index is 12.3. The van der Waals surface area contributed by atoms with Crippen LogP contribution in [0, 0.1) is 0 Å². The summed E-state index contributed by atoms with van der Waals surface area (Å²) in [5.41, 5.74) is 0.442. The summed E-state index contributed by atoms with van der Waals surface area (Å²) in [6.45, 7) is 6.87. The van der Waals surface area contributed by atoms with Gasteiger partial charge < -0.3 is 15.2 Å². The molecule has 1 saturated heterocycles. The predicted octanol–water partition coefficient (Wildman–Crippen LogP) is 1.74. The number of aliphatic carboxylic acids is 1. The van der Waals surface area contributed by atoms with E-state index in [2.05, 4.69) is 31.1 Å². The van der Waals surface area contributed by atoms with Crippen LogP contribution >= 0.6 is 0 Å². The molecule has 1 aromatic rings. The second-order valence-electron chi connectivity index (χ2n) is 6.79. The molecule has 2 heterocycles. The first-order valence-electron chi connectivity index (χ1n) is 7.30. The lowest BCUT2D eigenvalue weighted by Gasteiger charge is -2.27. The number of carboxylic acid groups (broad SMARTS) is 1. The van der Waals surface area contributed by atoms with Crippen LogP contribution in [0.1, 0.15) is 49.7 Å². The molecule has 1 aliphatic rings. The lowest BCUT2D eigenvalue weighted by molar-refractivity contribution is -0.138. The highest BCUT2D eigenvalue weighted by atomic mass is 16.5. The first-order chi connectivity index (χ1) is 10.2. The highest BCUT2D eigenvalue weighted by Gasteiger charge is 2.39. The monoisotopic (exact) mass is 306 g/mol. The highest BCUT2D eigenvalue weighted by molar-refractivity contribution is 5.93. The van der Waals surface area contributed by atoms with Crippen LogP contribution < -0.4 is 5.32 Å². The van der Waals surface area contributed by atoms with Crippen LogP contribution in [-0.2, 0) is 14.9 Å². The van der Waals surface area contributed by atoms with E-state index in [0.29, 0.717) is 13.0 Å². The maximum Gasteiger partial charge on any atom is 0.305 e. The molecule has 6 nitrogen and oxygen atoms in total. The van der Waals surface area contributed by atoms with Gasteiger partial charge in [-0.3, -0.25) is 14.6 Å². The number of aromatic nitrogens is 1. The highest BCUT2D eigenvalue weighted by Crippen LogP contribution is 2.24. The summed E-state index contributed by atoms with van der Waals surface area (Å²) < 4.78 is 5.26. The van der Waals surface area contributed by atoms with Gasteiger partial charge in [-0.2, -0.15) is 0 Å². The molecule has 0 aliphatic carbocycles. The first-order valence-corrected chi connectivity index (χ1v) is 7.30. The van der Waals surface area contributed by atoms with E-state index in [1.165, 1.54) is 0 Å². The Morgan fingerprint density at radius 1 is 1.41 bits per heavy atom. The minimum absolute atomic E-state index is 0.0359. The zero-order chi connectivity index (χ0) is 16.4. The molecule has 0 spiro atoms. The number of hydrogen-bond donors (Lipinski definition) is 2. The van der Waals surface area contributed by atoms with E-state index in [4.69, 9.17) is 9.84 Å². The minimum Gasteiger partial charge on any atom is -0.481 e. The molecular weight excluding hydrogens is 284 g/mol. The minimum atomic E-state index is -0.957. The SMILES string of the molecule is CC(C)(C)c1ccc(C(=O)NC2(CC(=O)O)CCOC2)nc1. The van der Waals surface area contributed by atoms with E-state index in [9.17, 15) is 9.59 Å². The Morgan fingerprint density at radius 2 is 2.14 bits per heavy atom. The predicted molar refractivity (Wildman–Crippen MR) is 80.8 cm³/mol. The zero-order valence-electron chi connectivity index (χ0n) is 13.2. The van der Waals surface area contributed by atoms with Gasteiger partial charge in [0, 0.05) is 12.8 Å². The molecular formula is C16H22N2O4. The van der Waals surface area contributed by atoms with Gasteiger partial charge in [-0.05, 0) is 23.5 Å². The average molecular weight is 306 g/mol. The van der Waals surface area contributed by atoms with E-state index < -0.39 is 11.5 Å². The first kappa shape index (κ1) is 16.4. The second kappa shape index (κ2) is 6.04. The summed E-state index contributed by atoms with van der Waals surface area (Å²) in [4.78, 5) is 27.5. The van der Waals surface area contributed by atoms with Gasteiger partial charge in [0.1, 0.15) is 5.69 Å². The van der Waals surface area contributed by atoms with E-state index in [1.807, 2.05) is 6.07 Å². The molecule has 1 aliphatic heterocycles. The summed E-state index contributed by atoms with van der Waals surface area (Å²) in [6.07, 6.45) is 2.02. The van der Waals surface area contributed by atoms with Crippen LogP contribution in [0.4, 0.5) is 0 Å². The quantitative estimate of drug-likeness (QED) is 0.884. The molecule has 6 heteroatoms. The lowest BCUT2D eigenvalue weighted by Crippen LogP contribution is -2.50. The molecule has 0 radical (unpaired) electrons. The van der Waals surface area contributed by atoms with E-state index in [0.717, 1.165) is 5.56 Å². The van der Waals surface area contributed by atoms with Crippen molar-refractivity contribution in [1.82, 2.24) is 10.3 Å². The van der Waals surface area contributed by atoms with E-state index >= 15 is 0 Å². The van der Waals surface area contributed by atoms with Crippen molar-refractivity contribution >= 4 is 11.9 Å². The number of nitrogens with one attached hydrogen (secondary N) is 1. The van der Waals surface area contributed by atoms with Crippen molar-refractivity contribution in [3.05, 3.63) is 29.6 Å². The number of carbonyl (C=O) groups is 2. The van der Waals surface area contributed by atoms with Crippen molar-refractivity contribution in [2.75, 3.05) is 13.2 Å². The number of pyridine rings is 1. The van der Waals surface area contributed by atoms with Crippen molar-refractivity contribution in [2.45, 2.75) is 44.6 Å². The lowest BCUT2D eigenvalue weighted by atomic mass is 9.88. The summed E-state index contributed by atoms with van der Waals surface area (Å²) in [6, 6.07) is 3.54. The summed E-state index contributed by atoms with van der Waals surface area (Å²) in [7, 11) is 0. The number of ether oxygens (including phenoxy) is 1. The van der Waals surface area contributed by atoms with Crippen LogP contribution in [0.25, 0.3) is 0 Å². The molecule has 22 heavy (non-hydrogen) atoms. The van der Waals surface area contributed by atoms with Gasteiger partial charge in [-0.15, -0.1) is 0 Å². The molecule has 1 atom stereocenters. The molecule has 2 N–H and O–H groups in total. The van der Waals surface area contributed by atoms with Gasteiger partial charge in [0.15, 0.2) is 0 Å². The molecule has 120 valence electrons. The fraction of sp³-hybridized carbons (Fsp3) is 0.562. The number of rotatable bonds is 4. The van der Waals surface area contributed by atoms with Crippen molar-refractivity contribution < 1.29 is 19.4 Å². The third-order valence-corrected chi connectivity index (χ3v) is 3.83. The van der Waals surface area contributed by atoms with Gasteiger partial charge in [0.05, 0.1) is 18.6 Å². The smallest absolute Gasteiger partial charge is 0.305 e. The normalized spacial score (nSPS) is 21.6. The fourth-order valence-electron chi connectivity index (χ4n) is 2.46. The van der Waals surface area contributed by atoms with E-state index in [1.54, 1.807) is 12.3 Å². The van der Waals surface area contributed by atoms with Gasteiger partial charge in [-0.25, -0.2) is 0 Å². The Bertz CT molecular complexity index is 555. The largest absolute Gasteiger partial charge is 0.481 e. The Balaban J connectivity index is 2.12. The third-order valence-electron chi connectivity index (χ3n) is 3.83. The Kier molecular flexibility index (Phi) is 4.51. The van der Waals surface area contributed by atoms with Crippen molar-refractivity contribution in [3.8, 4) is 0 Å². The summed E-state index contributed by atoms with van der Waals surface area (Å²) >= 11 is 0. The number of carboxylic acids is 1. The zero-order valence-corrected chi connectivity index (χ0v) is 13.2. The van der Waals surface area contributed by atoms with Gasteiger partial charge >= 0.3 is 5.97 Å². The van der Waals surface area contributed by atoms with Crippen LogP contribution in [0.2, 0.25) is 0 Å². The van der Waals surface area contributed by atoms with Gasteiger partial charge in [-0.1, -0.05) is 26.8 Å². The van der Waals surface area contributed by atoms with Crippen LogP contribution in [0.3, 0.4) is 0 Å². The molecule has 1 unspecified atom stereocenters. The number of amides is 1. The van der Waals surface area contributed by atoms with Gasteiger partial charge in [0.25, 0.3) is 5.91 Å². The Morgan fingerprint density at radius 3 is 2.59 bits per heavy atom. The fourth-order valence-corrected chi connectivity index (χ4v) is 2.46. The summed E-state index contributed by atoms with van der Waals surface area (Å²) in [5, 5.41) is 11.8. The van der Waals surface area contributed by atoms with Crippen molar-refractivity contribution in [3.63, 3.8) is 0 Å². The molecule has 0 saturated carbocycles. The number of nitrogens with zero attached hydrogens (tertiary/aromatic N) is 1.